The quantitative estimate of drug-likeness (QED) is 0.785. The molecule has 1 unspecified atom stereocenters. The zero-order chi connectivity index (χ0) is 10.7. The minimum atomic E-state index is 0.142. The number of benzene rings is 1. The summed E-state index contributed by atoms with van der Waals surface area (Å²) in [5.74, 6) is 0. The second-order valence-electron chi connectivity index (χ2n) is 4.62. The van der Waals surface area contributed by atoms with Crippen LogP contribution in [0.5, 0.6) is 0 Å². The van der Waals surface area contributed by atoms with Gasteiger partial charge < -0.3 is 10.8 Å². The summed E-state index contributed by atoms with van der Waals surface area (Å²) in [4.78, 5) is 0. The monoisotopic (exact) mass is 205 g/mol. The van der Waals surface area contributed by atoms with Crippen molar-refractivity contribution >= 4 is 0 Å². The van der Waals surface area contributed by atoms with E-state index >= 15 is 0 Å². The molecule has 1 atom stereocenters. The molecule has 0 bridgehead atoms. The number of nitrogens with two attached hydrogens (primary N) is 1. The van der Waals surface area contributed by atoms with Crippen LogP contribution >= 0.6 is 0 Å². The highest BCUT2D eigenvalue weighted by Crippen LogP contribution is 2.37. The fraction of sp³-hybridized carbons (Fsp3) is 0.538. The summed E-state index contributed by atoms with van der Waals surface area (Å²) in [7, 11) is 0. The Morgan fingerprint density at radius 1 is 1.27 bits per heavy atom. The van der Waals surface area contributed by atoms with Gasteiger partial charge in [-0.25, -0.2) is 0 Å². The number of rotatable bonds is 3. The molecule has 1 aromatic carbocycles. The van der Waals surface area contributed by atoms with Gasteiger partial charge >= 0.3 is 0 Å². The Balaban J connectivity index is 2.22. The Morgan fingerprint density at radius 3 is 2.67 bits per heavy atom. The lowest BCUT2D eigenvalue weighted by Crippen LogP contribution is -2.37. The zero-order valence-electron chi connectivity index (χ0n) is 9.08. The summed E-state index contributed by atoms with van der Waals surface area (Å²) < 4.78 is 0. The highest BCUT2D eigenvalue weighted by Gasteiger charge is 2.32. The van der Waals surface area contributed by atoms with Crippen LogP contribution in [0, 0.1) is 5.41 Å². The van der Waals surface area contributed by atoms with Crippen molar-refractivity contribution < 1.29 is 5.11 Å². The third-order valence-electron chi connectivity index (χ3n) is 3.68. The number of aryl methyl sites for hydroxylation is 1. The lowest BCUT2D eigenvalue weighted by Gasteiger charge is -2.37. The summed E-state index contributed by atoms with van der Waals surface area (Å²) in [5, 5.41) is 9.11. The predicted octanol–water partition coefficient (Wildman–Crippen LogP) is 1.50. The van der Waals surface area contributed by atoms with Crippen molar-refractivity contribution in [1.29, 1.82) is 0 Å². The van der Waals surface area contributed by atoms with Gasteiger partial charge in [0.25, 0.3) is 0 Å². The fourth-order valence-electron chi connectivity index (χ4n) is 2.59. The number of hydrogen-bond donors (Lipinski definition) is 2. The first-order valence-corrected chi connectivity index (χ1v) is 5.67. The third-order valence-corrected chi connectivity index (χ3v) is 3.68. The second-order valence-corrected chi connectivity index (χ2v) is 4.62. The van der Waals surface area contributed by atoms with Crippen molar-refractivity contribution in [2.45, 2.75) is 25.7 Å². The molecule has 0 saturated heterocycles. The van der Waals surface area contributed by atoms with Gasteiger partial charge in [0.1, 0.15) is 0 Å². The molecule has 0 fully saturated rings. The van der Waals surface area contributed by atoms with Crippen LogP contribution in [0.15, 0.2) is 24.3 Å². The van der Waals surface area contributed by atoms with E-state index in [-0.39, 0.29) is 12.0 Å². The maximum atomic E-state index is 9.11. The Kier molecular flexibility index (Phi) is 3.08. The van der Waals surface area contributed by atoms with Gasteiger partial charge in [-0.2, -0.15) is 0 Å². The van der Waals surface area contributed by atoms with E-state index in [1.165, 1.54) is 11.1 Å². The smallest absolute Gasteiger partial charge is 0.0436 e. The normalized spacial score (nSPS) is 24.9. The molecule has 3 N–H and O–H groups in total. The van der Waals surface area contributed by atoms with Crippen LogP contribution in [0.4, 0.5) is 0 Å². The van der Waals surface area contributed by atoms with Gasteiger partial charge in [0.15, 0.2) is 0 Å². The fourth-order valence-corrected chi connectivity index (χ4v) is 2.59. The summed E-state index contributed by atoms with van der Waals surface area (Å²) in [5.41, 5.74) is 8.89. The SMILES string of the molecule is NCC1(CCO)CCc2ccccc2C1. The van der Waals surface area contributed by atoms with E-state index in [1.807, 2.05) is 0 Å². The van der Waals surface area contributed by atoms with Crippen LogP contribution < -0.4 is 5.73 Å². The molecule has 0 aliphatic heterocycles. The van der Waals surface area contributed by atoms with Crippen LogP contribution in [0.3, 0.4) is 0 Å². The van der Waals surface area contributed by atoms with Gasteiger partial charge in [0.2, 0.25) is 0 Å². The molecule has 0 heterocycles. The minimum absolute atomic E-state index is 0.142. The van der Waals surface area contributed by atoms with Crippen molar-refractivity contribution in [3.05, 3.63) is 35.4 Å². The van der Waals surface area contributed by atoms with Gasteiger partial charge in [0, 0.05) is 6.61 Å². The molecular formula is C13H19NO. The zero-order valence-corrected chi connectivity index (χ0v) is 9.08. The second kappa shape index (κ2) is 4.33. The first kappa shape index (κ1) is 10.7. The highest BCUT2D eigenvalue weighted by atomic mass is 16.3. The standard InChI is InChI=1S/C13H19NO/c14-10-13(7-8-15)6-5-11-3-1-2-4-12(11)9-13/h1-4,15H,5-10,14H2. The molecular weight excluding hydrogens is 186 g/mol. The molecule has 1 aromatic rings. The summed E-state index contributed by atoms with van der Waals surface area (Å²) in [6.07, 6.45) is 4.08. The van der Waals surface area contributed by atoms with Crippen molar-refractivity contribution in [2.24, 2.45) is 11.1 Å². The molecule has 2 rings (SSSR count). The molecule has 2 heteroatoms. The van der Waals surface area contributed by atoms with E-state index in [4.69, 9.17) is 10.8 Å². The van der Waals surface area contributed by atoms with Crippen molar-refractivity contribution in [3.8, 4) is 0 Å². The van der Waals surface area contributed by atoms with Crippen LogP contribution in [0.25, 0.3) is 0 Å². The lowest BCUT2D eigenvalue weighted by atomic mass is 9.70. The van der Waals surface area contributed by atoms with Crippen molar-refractivity contribution in [1.82, 2.24) is 0 Å². The highest BCUT2D eigenvalue weighted by molar-refractivity contribution is 5.31. The van der Waals surface area contributed by atoms with E-state index in [0.29, 0.717) is 6.54 Å². The number of aliphatic hydroxyl groups excluding tert-OH is 1. The van der Waals surface area contributed by atoms with Crippen LogP contribution in [0.2, 0.25) is 0 Å². The Morgan fingerprint density at radius 2 is 2.00 bits per heavy atom. The lowest BCUT2D eigenvalue weighted by molar-refractivity contribution is 0.167. The average Bonchev–Trinajstić information content (AvgIpc) is 2.29. The molecule has 82 valence electrons. The Labute approximate surface area is 91.1 Å². The average molecular weight is 205 g/mol. The molecule has 0 spiro atoms. The van der Waals surface area contributed by atoms with E-state index in [9.17, 15) is 0 Å². The number of fused-ring (bicyclic) bond motifs is 1. The van der Waals surface area contributed by atoms with E-state index in [1.54, 1.807) is 0 Å². The van der Waals surface area contributed by atoms with Crippen LogP contribution in [-0.2, 0) is 12.8 Å². The van der Waals surface area contributed by atoms with Gasteiger partial charge in [-0.05, 0) is 48.8 Å². The van der Waals surface area contributed by atoms with Gasteiger partial charge in [-0.3, -0.25) is 0 Å². The maximum absolute atomic E-state index is 9.11. The first-order chi connectivity index (χ1) is 7.29. The van der Waals surface area contributed by atoms with Gasteiger partial charge in [-0.15, -0.1) is 0 Å². The Hall–Kier alpha value is -0.860. The number of hydrogen-bond acceptors (Lipinski definition) is 2. The molecule has 1 aliphatic carbocycles. The summed E-state index contributed by atoms with van der Waals surface area (Å²) >= 11 is 0. The predicted molar refractivity (Wildman–Crippen MR) is 61.7 cm³/mol. The molecule has 2 nitrogen and oxygen atoms in total. The first-order valence-electron chi connectivity index (χ1n) is 5.67. The molecule has 1 aliphatic rings. The van der Waals surface area contributed by atoms with E-state index in [2.05, 4.69) is 24.3 Å². The van der Waals surface area contributed by atoms with Crippen molar-refractivity contribution in [2.75, 3.05) is 13.2 Å². The topological polar surface area (TPSA) is 46.2 Å². The van der Waals surface area contributed by atoms with E-state index < -0.39 is 0 Å². The third kappa shape index (κ3) is 2.06. The van der Waals surface area contributed by atoms with Crippen LogP contribution in [-0.4, -0.2) is 18.3 Å². The van der Waals surface area contributed by atoms with Crippen molar-refractivity contribution in [3.63, 3.8) is 0 Å². The molecule has 15 heavy (non-hydrogen) atoms. The number of aliphatic hydroxyl groups is 1. The molecule has 0 amide bonds. The van der Waals surface area contributed by atoms with Gasteiger partial charge in [0.05, 0.1) is 0 Å². The summed E-state index contributed by atoms with van der Waals surface area (Å²) in [6.45, 7) is 0.932. The molecule has 0 saturated carbocycles. The maximum Gasteiger partial charge on any atom is 0.0436 e. The molecule has 0 radical (unpaired) electrons. The largest absolute Gasteiger partial charge is 0.396 e. The van der Waals surface area contributed by atoms with Gasteiger partial charge in [-0.1, -0.05) is 24.3 Å². The van der Waals surface area contributed by atoms with Crippen LogP contribution in [0.1, 0.15) is 24.0 Å². The summed E-state index contributed by atoms with van der Waals surface area (Å²) in [6, 6.07) is 8.58. The minimum Gasteiger partial charge on any atom is -0.396 e. The Bertz CT molecular complexity index is 337. The van der Waals surface area contributed by atoms with E-state index in [0.717, 1.165) is 25.7 Å². The molecule has 0 aromatic heterocycles.